The van der Waals surface area contributed by atoms with Gasteiger partial charge in [-0.05, 0) is 31.5 Å². The third kappa shape index (κ3) is 4.31. The molecule has 0 aromatic heterocycles. The Morgan fingerprint density at radius 1 is 1.42 bits per heavy atom. The first-order valence-corrected chi connectivity index (χ1v) is 7.89. The molecule has 0 aliphatic carbocycles. The number of rotatable bonds is 4. The number of hydrogen-bond acceptors (Lipinski definition) is 3. The zero-order valence-electron chi connectivity index (χ0n) is 11.5. The van der Waals surface area contributed by atoms with Crippen molar-refractivity contribution < 1.29 is 17.6 Å². The molecular formula is C13H18FNO3S. The van der Waals surface area contributed by atoms with Crippen LogP contribution in [0.4, 0.5) is 4.39 Å². The smallest absolute Gasteiger partial charge is 0.254 e. The maximum atomic E-state index is 13.2. The third-order valence-corrected chi connectivity index (χ3v) is 4.04. The Morgan fingerprint density at radius 2 is 2.00 bits per heavy atom. The molecular weight excluding hydrogens is 269 g/mol. The number of aryl methyl sites for hydroxylation is 1. The summed E-state index contributed by atoms with van der Waals surface area (Å²) in [6, 6.07) is 3.51. The van der Waals surface area contributed by atoms with E-state index >= 15 is 0 Å². The Balaban J connectivity index is 2.96. The molecule has 19 heavy (non-hydrogen) atoms. The van der Waals surface area contributed by atoms with E-state index in [1.807, 2.05) is 0 Å². The van der Waals surface area contributed by atoms with Gasteiger partial charge < -0.3 is 4.90 Å². The molecule has 1 rings (SSSR count). The molecule has 1 aromatic rings. The van der Waals surface area contributed by atoms with Gasteiger partial charge in [-0.25, -0.2) is 12.8 Å². The van der Waals surface area contributed by atoms with E-state index in [1.54, 1.807) is 13.8 Å². The van der Waals surface area contributed by atoms with E-state index in [-0.39, 0.29) is 17.2 Å². The summed E-state index contributed by atoms with van der Waals surface area (Å²) >= 11 is 0. The fourth-order valence-electron chi connectivity index (χ4n) is 1.76. The predicted molar refractivity (Wildman–Crippen MR) is 72.4 cm³/mol. The van der Waals surface area contributed by atoms with Gasteiger partial charge in [0.15, 0.2) is 0 Å². The van der Waals surface area contributed by atoms with Crippen molar-refractivity contribution in [3.63, 3.8) is 0 Å². The molecule has 0 saturated heterocycles. The summed E-state index contributed by atoms with van der Waals surface area (Å²) in [6.07, 6.45) is 1.12. The zero-order valence-corrected chi connectivity index (χ0v) is 12.3. The Kier molecular flexibility index (Phi) is 4.68. The third-order valence-electron chi connectivity index (χ3n) is 2.96. The summed E-state index contributed by atoms with van der Waals surface area (Å²) in [5.74, 6) is -0.991. The Morgan fingerprint density at radius 3 is 2.53 bits per heavy atom. The molecule has 1 aromatic carbocycles. The molecule has 4 nitrogen and oxygen atoms in total. The first kappa shape index (κ1) is 15.6. The van der Waals surface area contributed by atoms with Crippen LogP contribution in [0.1, 0.15) is 22.8 Å². The molecule has 0 fully saturated rings. The molecule has 0 bridgehead atoms. The van der Waals surface area contributed by atoms with Crippen molar-refractivity contribution in [1.29, 1.82) is 0 Å². The van der Waals surface area contributed by atoms with Crippen LogP contribution in [0.3, 0.4) is 0 Å². The van der Waals surface area contributed by atoms with Crippen LogP contribution in [0.15, 0.2) is 18.2 Å². The van der Waals surface area contributed by atoms with Crippen LogP contribution in [0, 0.1) is 12.7 Å². The number of halogens is 1. The van der Waals surface area contributed by atoms with Crippen LogP contribution < -0.4 is 0 Å². The van der Waals surface area contributed by atoms with Gasteiger partial charge in [0, 0.05) is 24.9 Å². The van der Waals surface area contributed by atoms with Crippen molar-refractivity contribution in [3.8, 4) is 0 Å². The van der Waals surface area contributed by atoms with Crippen molar-refractivity contribution in [2.24, 2.45) is 0 Å². The molecule has 1 atom stereocenters. The molecule has 0 spiro atoms. The van der Waals surface area contributed by atoms with Crippen LogP contribution in [-0.2, 0) is 9.84 Å². The molecule has 106 valence electrons. The Hall–Kier alpha value is -1.43. The maximum Gasteiger partial charge on any atom is 0.254 e. The largest absolute Gasteiger partial charge is 0.338 e. The molecule has 6 heteroatoms. The quantitative estimate of drug-likeness (QED) is 0.846. The highest BCUT2D eigenvalue weighted by molar-refractivity contribution is 7.90. The van der Waals surface area contributed by atoms with Crippen LogP contribution in [-0.4, -0.2) is 44.3 Å². The molecule has 1 unspecified atom stereocenters. The number of benzene rings is 1. The molecule has 0 N–H and O–H groups in total. The van der Waals surface area contributed by atoms with Gasteiger partial charge in [-0.1, -0.05) is 6.07 Å². The summed E-state index contributed by atoms with van der Waals surface area (Å²) in [6.45, 7) is 3.36. The van der Waals surface area contributed by atoms with Gasteiger partial charge in [0.05, 0.1) is 5.75 Å². The summed E-state index contributed by atoms with van der Waals surface area (Å²) in [5, 5.41) is 0. The average molecular weight is 287 g/mol. The molecule has 0 aliphatic heterocycles. The highest BCUT2D eigenvalue weighted by Gasteiger charge is 2.22. The van der Waals surface area contributed by atoms with Crippen LogP contribution in [0.2, 0.25) is 0 Å². The van der Waals surface area contributed by atoms with Crippen molar-refractivity contribution >= 4 is 15.7 Å². The van der Waals surface area contributed by atoms with E-state index in [2.05, 4.69) is 0 Å². The summed E-state index contributed by atoms with van der Waals surface area (Å²) in [4.78, 5) is 13.5. The van der Waals surface area contributed by atoms with Gasteiger partial charge in [-0.3, -0.25) is 4.79 Å². The number of carbonyl (C=O) groups excluding carboxylic acids is 1. The van der Waals surface area contributed by atoms with Crippen LogP contribution >= 0.6 is 0 Å². The number of sulfone groups is 1. The average Bonchev–Trinajstić information content (AvgIpc) is 2.28. The fourth-order valence-corrected chi connectivity index (χ4v) is 2.86. The van der Waals surface area contributed by atoms with Crippen molar-refractivity contribution in [2.45, 2.75) is 19.9 Å². The zero-order chi connectivity index (χ0) is 14.8. The lowest BCUT2D eigenvalue weighted by molar-refractivity contribution is 0.0755. The van der Waals surface area contributed by atoms with E-state index in [4.69, 9.17) is 0 Å². The van der Waals surface area contributed by atoms with Gasteiger partial charge in [0.1, 0.15) is 15.7 Å². The first-order chi connectivity index (χ1) is 8.61. The summed E-state index contributed by atoms with van der Waals surface area (Å²) in [7, 11) is -1.65. The monoisotopic (exact) mass is 287 g/mol. The fraction of sp³-hybridized carbons (Fsp3) is 0.462. The normalized spacial score (nSPS) is 13.1. The lowest BCUT2D eigenvalue weighted by Crippen LogP contribution is -2.39. The Labute approximate surface area is 113 Å². The summed E-state index contributed by atoms with van der Waals surface area (Å²) < 4.78 is 35.6. The van der Waals surface area contributed by atoms with Crippen LogP contribution in [0.25, 0.3) is 0 Å². The second-order valence-corrected chi connectivity index (χ2v) is 7.00. The van der Waals surface area contributed by atoms with E-state index in [0.29, 0.717) is 5.56 Å². The molecule has 0 heterocycles. The van der Waals surface area contributed by atoms with E-state index in [0.717, 1.165) is 6.26 Å². The lowest BCUT2D eigenvalue weighted by atomic mass is 10.1. The second-order valence-electron chi connectivity index (χ2n) is 4.82. The molecule has 0 radical (unpaired) electrons. The van der Waals surface area contributed by atoms with Gasteiger partial charge >= 0.3 is 0 Å². The van der Waals surface area contributed by atoms with Gasteiger partial charge in [-0.15, -0.1) is 0 Å². The van der Waals surface area contributed by atoms with E-state index in [9.17, 15) is 17.6 Å². The number of carbonyl (C=O) groups is 1. The van der Waals surface area contributed by atoms with E-state index in [1.165, 1.54) is 30.1 Å². The molecule has 0 aliphatic rings. The molecule has 1 amide bonds. The second kappa shape index (κ2) is 5.69. The first-order valence-electron chi connectivity index (χ1n) is 5.83. The van der Waals surface area contributed by atoms with Gasteiger partial charge in [0.2, 0.25) is 0 Å². The minimum atomic E-state index is -3.17. The van der Waals surface area contributed by atoms with Gasteiger partial charge in [0.25, 0.3) is 5.91 Å². The Bertz CT molecular complexity index is 584. The standard InChI is InChI=1S/C13H18FNO3S/c1-9-5-6-11(14)7-12(9)13(16)15(3)10(2)8-19(4,17)18/h5-7,10H,8H2,1-4H3. The number of hydrogen-bond donors (Lipinski definition) is 0. The number of amides is 1. The lowest BCUT2D eigenvalue weighted by Gasteiger charge is -2.25. The molecule has 0 saturated carbocycles. The maximum absolute atomic E-state index is 13.2. The van der Waals surface area contributed by atoms with Crippen LogP contribution in [0.5, 0.6) is 0 Å². The van der Waals surface area contributed by atoms with Gasteiger partial charge in [-0.2, -0.15) is 0 Å². The highest BCUT2D eigenvalue weighted by Crippen LogP contribution is 2.14. The van der Waals surface area contributed by atoms with Crippen molar-refractivity contribution in [2.75, 3.05) is 19.1 Å². The predicted octanol–water partition coefficient (Wildman–Crippen LogP) is 1.64. The SMILES string of the molecule is Cc1ccc(F)cc1C(=O)N(C)C(C)CS(C)(=O)=O. The minimum absolute atomic E-state index is 0.121. The van der Waals surface area contributed by atoms with E-state index < -0.39 is 21.7 Å². The highest BCUT2D eigenvalue weighted by atomic mass is 32.2. The summed E-state index contributed by atoms with van der Waals surface area (Å²) in [5.41, 5.74) is 0.910. The topological polar surface area (TPSA) is 54.5 Å². The van der Waals surface area contributed by atoms with Crippen molar-refractivity contribution in [1.82, 2.24) is 4.90 Å². The number of nitrogens with zero attached hydrogens (tertiary/aromatic N) is 1. The minimum Gasteiger partial charge on any atom is -0.338 e. The van der Waals surface area contributed by atoms with Crippen molar-refractivity contribution in [3.05, 3.63) is 35.1 Å².